The van der Waals surface area contributed by atoms with Gasteiger partial charge in [-0.05, 0) is 19.3 Å². The number of rotatable bonds is 26. The smallest absolute Gasteiger partial charge is 0.264 e. The van der Waals surface area contributed by atoms with Crippen LogP contribution in [0.2, 0.25) is 0 Å². The molecule has 33 heavy (non-hydrogen) atoms. The minimum absolute atomic E-state index is 0.0464. The molecule has 0 amide bonds. The summed E-state index contributed by atoms with van der Waals surface area (Å²) in [5, 5.41) is 0. The van der Waals surface area contributed by atoms with Gasteiger partial charge in [-0.3, -0.25) is 4.55 Å². The molecule has 0 fully saturated rings. The van der Waals surface area contributed by atoms with Crippen LogP contribution >= 0.6 is 0 Å². The monoisotopic (exact) mass is 488 g/mol. The highest BCUT2D eigenvalue weighted by Crippen LogP contribution is 2.17. The van der Waals surface area contributed by atoms with Gasteiger partial charge in [-0.25, -0.2) is 4.18 Å². The molecule has 0 spiro atoms. The topological polar surface area (TPSA) is 63.6 Å². The molecule has 0 saturated carbocycles. The average Bonchev–Trinajstić information content (AvgIpc) is 2.78. The van der Waals surface area contributed by atoms with Crippen molar-refractivity contribution in [1.82, 2.24) is 0 Å². The molecule has 0 aromatic rings. The normalized spacial score (nSPS) is 13.2. The van der Waals surface area contributed by atoms with Gasteiger partial charge in [0.15, 0.2) is 0 Å². The van der Waals surface area contributed by atoms with E-state index in [1.54, 1.807) is 0 Å². The Morgan fingerprint density at radius 1 is 0.636 bits per heavy atom. The van der Waals surface area contributed by atoms with Crippen molar-refractivity contribution in [3.05, 3.63) is 12.2 Å². The molecule has 0 aliphatic rings. The summed E-state index contributed by atoms with van der Waals surface area (Å²) in [6, 6.07) is 0. The van der Waals surface area contributed by atoms with Gasteiger partial charge in [-0.1, -0.05) is 148 Å². The van der Waals surface area contributed by atoms with Crippen molar-refractivity contribution in [2.75, 3.05) is 6.61 Å². The molecule has 0 rings (SSSR count). The highest BCUT2D eigenvalue weighted by atomic mass is 32.3. The average molecular weight is 489 g/mol. The number of hydrogen-bond acceptors (Lipinski definition) is 3. The van der Waals surface area contributed by atoms with Crippen LogP contribution in [0.25, 0.3) is 0 Å². The molecule has 0 aliphatic carbocycles. The summed E-state index contributed by atoms with van der Waals surface area (Å²) in [6.45, 7) is 4.56. The Morgan fingerprint density at radius 3 is 1.45 bits per heavy atom. The lowest BCUT2D eigenvalue weighted by atomic mass is 9.99. The van der Waals surface area contributed by atoms with Crippen LogP contribution in [0.5, 0.6) is 0 Å². The van der Waals surface area contributed by atoms with Crippen molar-refractivity contribution in [3.63, 3.8) is 0 Å². The minimum atomic E-state index is -4.36. The Labute approximate surface area is 207 Å². The Morgan fingerprint density at radius 2 is 1.03 bits per heavy atom. The zero-order valence-corrected chi connectivity index (χ0v) is 22.9. The zero-order valence-electron chi connectivity index (χ0n) is 22.1. The summed E-state index contributed by atoms with van der Waals surface area (Å²) in [6.07, 6.45) is 32.5. The zero-order chi connectivity index (χ0) is 24.5. The molecule has 0 aliphatic heterocycles. The maximum Gasteiger partial charge on any atom is 0.397 e. The van der Waals surface area contributed by atoms with Crippen molar-refractivity contribution in [1.29, 1.82) is 0 Å². The highest BCUT2D eigenvalue weighted by Gasteiger charge is 2.11. The van der Waals surface area contributed by atoms with Gasteiger partial charge in [0, 0.05) is 5.92 Å². The van der Waals surface area contributed by atoms with Crippen LogP contribution in [0.1, 0.15) is 155 Å². The van der Waals surface area contributed by atoms with Gasteiger partial charge in [-0.15, -0.1) is 0 Å². The molecule has 0 aromatic carbocycles. The van der Waals surface area contributed by atoms with Gasteiger partial charge >= 0.3 is 10.4 Å². The van der Waals surface area contributed by atoms with Gasteiger partial charge in [-0.2, -0.15) is 8.42 Å². The first kappa shape index (κ1) is 32.6. The molecule has 4 nitrogen and oxygen atoms in total. The number of unbranched alkanes of at least 4 members (excludes halogenated alkanes) is 19. The van der Waals surface area contributed by atoms with E-state index in [1.165, 1.54) is 122 Å². The van der Waals surface area contributed by atoms with Crippen LogP contribution in [0, 0.1) is 5.92 Å². The fourth-order valence-electron chi connectivity index (χ4n) is 4.34. The summed E-state index contributed by atoms with van der Waals surface area (Å²) in [4.78, 5) is 0. The quantitative estimate of drug-likeness (QED) is 0.0747. The molecule has 0 heterocycles. The van der Waals surface area contributed by atoms with Gasteiger partial charge in [0.1, 0.15) is 0 Å². The van der Waals surface area contributed by atoms with E-state index in [1.807, 2.05) is 0 Å². The van der Waals surface area contributed by atoms with E-state index in [0.717, 1.165) is 19.3 Å². The lowest BCUT2D eigenvalue weighted by Gasteiger charge is -2.12. The van der Waals surface area contributed by atoms with E-state index >= 15 is 0 Å². The first-order valence-corrected chi connectivity index (χ1v) is 15.6. The molecule has 0 aromatic heterocycles. The van der Waals surface area contributed by atoms with Crippen molar-refractivity contribution >= 4 is 10.4 Å². The van der Waals surface area contributed by atoms with E-state index in [4.69, 9.17) is 4.55 Å². The van der Waals surface area contributed by atoms with E-state index in [2.05, 4.69) is 30.2 Å². The van der Waals surface area contributed by atoms with Crippen molar-refractivity contribution in [2.45, 2.75) is 155 Å². The molecule has 0 saturated heterocycles. The van der Waals surface area contributed by atoms with Gasteiger partial charge < -0.3 is 0 Å². The van der Waals surface area contributed by atoms with Crippen LogP contribution in [-0.2, 0) is 14.6 Å². The largest absolute Gasteiger partial charge is 0.397 e. The molecule has 5 heteroatoms. The lowest BCUT2D eigenvalue weighted by Crippen LogP contribution is -2.12. The molecular formula is C28H56O4S. The summed E-state index contributed by atoms with van der Waals surface area (Å²) in [5.41, 5.74) is 0. The van der Waals surface area contributed by atoms with E-state index in [0.29, 0.717) is 0 Å². The Bertz CT molecular complexity index is 516. The minimum Gasteiger partial charge on any atom is -0.264 e. The first-order valence-electron chi connectivity index (χ1n) is 14.3. The summed E-state index contributed by atoms with van der Waals surface area (Å²) >= 11 is 0. The van der Waals surface area contributed by atoms with Crippen LogP contribution in [0.3, 0.4) is 0 Å². The standard InChI is InChI=1S/C28H56O4S/c1-3-5-7-9-11-13-15-16-18-20-22-24-26-28(27-32-33(29,30)31)25-23-21-19-17-14-12-10-8-6-4-2/h23,25,28H,3-22,24,26-27H2,1-2H3,(H,29,30,31)/b25-23+. The second-order valence-electron chi connectivity index (χ2n) is 9.84. The maximum absolute atomic E-state index is 11.0. The SMILES string of the molecule is CCCCCCCCCC/C=C/C(CCCCCCCCCCCCCC)COS(=O)(=O)O. The van der Waals surface area contributed by atoms with E-state index < -0.39 is 10.4 Å². The fourth-order valence-corrected chi connectivity index (χ4v) is 4.69. The molecule has 198 valence electrons. The molecule has 0 bridgehead atoms. The summed E-state index contributed by atoms with van der Waals surface area (Å²) in [7, 11) is -4.36. The third-order valence-electron chi connectivity index (χ3n) is 6.49. The molecule has 0 radical (unpaired) electrons. The van der Waals surface area contributed by atoms with Crippen LogP contribution < -0.4 is 0 Å². The number of allylic oxidation sites excluding steroid dienone is 1. The van der Waals surface area contributed by atoms with Gasteiger partial charge in [0.2, 0.25) is 0 Å². The Hall–Kier alpha value is -0.390. The third kappa shape index (κ3) is 27.7. The Kier molecular flexibility index (Phi) is 24.4. The van der Waals surface area contributed by atoms with Crippen LogP contribution in [-0.4, -0.2) is 19.6 Å². The molecular weight excluding hydrogens is 432 g/mol. The van der Waals surface area contributed by atoms with Crippen LogP contribution in [0.4, 0.5) is 0 Å². The number of hydrogen-bond donors (Lipinski definition) is 1. The van der Waals surface area contributed by atoms with Crippen molar-refractivity contribution < 1.29 is 17.2 Å². The summed E-state index contributed by atoms with van der Waals surface area (Å²) < 4.78 is 35.5. The van der Waals surface area contributed by atoms with Gasteiger partial charge in [0.05, 0.1) is 6.61 Å². The maximum atomic E-state index is 11.0. The summed E-state index contributed by atoms with van der Waals surface area (Å²) in [5.74, 6) is 0.0593. The second kappa shape index (κ2) is 24.7. The van der Waals surface area contributed by atoms with E-state index in [9.17, 15) is 8.42 Å². The van der Waals surface area contributed by atoms with Crippen LogP contribution in [0.15, 0.2) is 12.2 Å². The predicted molar refractivity (Wildman–Crippen MR) is 143 cm³/mol. The highest BCUT2D eigenvalue weighted by molar-refractivity contribution is 7.80. The molecule has 1 unspecified atom stereocenters. The Balaban J connectivity index is 3.86. The van der Waals surface area contributed by atoms with Crippen molar-refractivity contribution in [2.24, 2.45) is 5.92 Å². The van der Waals surface area contributed by atoms with Gasteiger partial charge in [0.25, 0.3) is 0 Å². The second-order valence-corrected chi connectivity index (χ2v) is 10.9. The van der Waals surface area contributed by atoms with E-state index in [-0.39, 0.29) is 12.5 Å². The lowest BCUT2D eigenvalue weighted by molar-refractivity contribution is 0.234. The molecule has 1 N–H and O–H groups in total. The predicted octanol–water partition coefficient (Wildman–Crippen LogP) is 9.60. The van der Waals surface area contributed by atoms with Crippen molar-refractivity contribution in [3.8, 4) is 0 Å². The third-order valence-corrected chi connectivity index (χ3v) is 6.93. The molecule has 1 atom stereocenters. The fraction of sp³-hybridized carbons (Fsp3) is 0.929. The first-order chi connectivity index (χ1) is 16.0.